The standard InChI is InChI=1S/C9H7FN4O2/c1-5(15)7-9(13-14-12-7)16-6-3-2-4-11-8(6)10/h2-4H,1H3,(H,12,13,14). The second-order valence-corrected chi connectivity index (χ2v) is 2.94. The molecule has 0 radical (unpaired) electrons. The second-order valence-electron chi connectivity index (χ2n) is 2.94. The molecule has 0 atom stereocenters. The third-order valence-electron chi connectivity index (χ3n) is 1.80. The monoisotopic (exact) mass is 222 g/mol. The van der Waals surface area contributed by atoms with Crippen LogP contribution >= 0.6 is 0 Å². The lowest BCUT2D eigenvalue weighted by atomic mass is 10.3. The number of Topliss-reactive ketones (excluding diaryl/α,β-unsaturated/α-hetero) is 1. The Morgan fingerprint density at radius 1 is 1.56 bits per heavy atom. The number of hydrogen-bond donors (Lipinski definition) is 1. The van der Waals surface area contributed by atoms with Gasteiger partial charge in [-0.15, -0.1) is 0 Å². The van der Waals surface area contributed by atoms with Gasteiger partial charge in [-0.3, -0.25) is 9.89 Å². The molecule has 0 aliphatic rings. The summed E-state index contributed by atoms with van der Waals surface area (Å²) in [6.45, 7) is 1.32. The molecule has 2 aromatic heterocycles. The molecule has 6 nitrogen and oxygen atoms in total. The molecular weight excluding hydrogens is 215 g/mol. The molecule has 0 amide bonds. The topological polar surface area (TPSA) is 80.8 Å². The third kappa shape index (κ3) is 1.88. The zero-order valence-corrected chi connectivity index (χ0v) is 8.27. The maximum Gasteiger partial charge on any atom is 0.270 e. The molecule has 0 unspecified atom stereocenters. The highest BCUT2D eigenvalue weighted by atomic mass is 19.1. The molecule has 0 fully saturated rings. The van der Waals surface area contributed by atoms with E-state index in [9.17, 15) is 9.18 Å². The van der Waals surface area contributed by atoms with Crippen LogP contribution in [0.4, 0.5) is 4.39 Å². The van der Waals surface area contributed by atoms with Crippen molar-refractivity contribution in [3.8, 4) is 11.6 Å². The van der Waals surface area contributed by atoms with Gasteiger partial charge in [0.15, 0.2) is 17.2 Å². The van der Waals surface area contributed by atoms with Crippen molar-refractivity contribution in [2.45, 2.75) is 6.92 Å². The van der Waals surface area contributed by atoms with Gasteiger partial charge in [0.25, 0.3) is 11.8 Å². The normalized spacial score (nSPS) is 10.1. The van der Waals surface area contributed by atoms with Crippen LogP contribution in [0.1, 0.15) is 17.4 Å². The van der Waals surface area contributed by atoms with Crippen LogP contribution in [0, 0.1) is 5.95 Å². The Morgan fingerprint density at radius 3 is 3.06 bits per heavy atom. The van der Waals surface area contributed by atoms with Crippen LogP contribution in [0.2, 0.25) is 0 Å². The molecule has 7 heteroatoms. The minimum absolute atomic E-state index is 0.0700. The number of nitrogens with one attached hydrogen (secondary N) is 1. The zero-order valence-electron chi connectivity index (χ0n) is 8.27. The fourth-order valence-electron chi connectivity index (χ4n) is 1.07. The molecule has 0 aliphatic heterocycles. The molecule has 2 aromatic rings. The number of rotatable bonds is 3. The number of ketones is 1. The molecule has 0 bridgehead atoms. The second kappa shape index (κ2) is 4.05. The molecule has 0 aromatic carbocycles. The number of carbonyl (C=O) groups excluding carboxylic acids is 1. The maximum atomic E-state index is 13.1. The Labute approximate surface area is 89.5 Å². The number of ether oxygens (including phenoxy) is 1. The van der Waals surface area contributed by atoms with Crippen LogP contribution in [-0.4, -0.2) is 26.2 Å². The van der Waals surface area contributed by atoms with E-state index in [0.717, 1.165) is 0 Å². The van der Waals surface area contributed by atoms with Crippen LogP contribution in [0.15, 0.2) is 18.3 Å². The van der Waals surface area contributed by atoms with Gasteiger partial charge < -0.3 is 4.74 Å². The minimum Gasteiger partial charge on any atom is -0.431 e. The molecule has 0 aliphatic carbocycles. The first-order valence-electron chi connectivity index (χ1n) is 4.39. The number of pyridine rings is 1. The number of carbonyl (C=O) groups is 1. The predicted octanol–water partition coefficient (Wildman–Crippen LogP) is 1.33. The van der Waals surface area contributed by atoms with Gasteiger partial charge in [-0.1, -0.05) is 10.3 Å². The van der Waals surface area contributed by atoms with Crippen molar-refractivity contribution < 1.29 is 13.9 Å². The van der Waals surface area contributed by atoms with Gasteiger partial charge in [-0.05, 0) is 12.1 Å². The van der Waals surface area contributed by atoms with Gasteiger partial charge in [0, 0.05) is 13.1 Å². The fraction of sp³-hybridized carbons (Fsp3) is 0.111. The Bertz CT molecular complexity index is 526. The Morgan fingerprint density at radius 2 is 2.38 bits per heavy atom. The van der Waals surface area contributed by atoms with E-state index in [1.54, 1.807) is 0 Å². The summed E-state index contributed by atoms with van der Waals surface area (Å²) in [7, 11) is 0. The summed E-state index contributed by atoms with van der Waals surface area (Å²) in [5, 5.41) is 9.30. The van der Waals surface area contributed by atoms with E-state index in [1.807, 2.05) is 0 Å². The van der Waals surface area contributed by atoms with Gasteiger partial charge in [-0.2, -0.15) is 4.39 Å². The fourth-order valence-corrected chi connectivity index (χ4v) is 1.07. The number of aromatic amines is 1. The zero-order chi connectivity index (χ0) is 11.5. The van der Waals surface area contributed by atoms with E-state index < -0.39 is 5.95 Å². The average Bonchev–Trinajstić information content (AvgIpc) is 2.69. The molecule has 82 valence electrons. The highest BCUT2D eigenvalue weighted by Gasteiger charge is 2.15. The highest BCUT2D eigenvalue weighted by Crippen LogP contribution is 2.22. The Hall–Kier alpha value is -2.31. The maximum absolute atomic E-state index is 13.1. The number of hydrogen-bond acceptors (Lipinski definition) is 5. The van der Waals surface area contributed by atoms with Gasteiger partial charge in [0.1, 0.15) is 0 Å². The number of halogens is 1. The van der Waals surface area contributed by atoms with Crippen molar-refractivity contribution in [1.82, 2.24) is 20.4 Å². The minimum atomic E-state index is -0.778. The largest absolute Gasteiger partial charge is 0.431 e. The summed E-state index contributed by atoms with van der Waals surface area (Å²) in [6, 6.07) is 2.88. The highest BCUT2D eigenvalue weighted by molar-refractivity contribution is 5.94. The van der Waals surface area contributed by atoms with Crippen molar-refractivity contribution in [3.05, 3.63) is 30.0 Å². The first kappa shape index (κ1) is 10.2. The summed E-state index contributed by atoms with van der Waals surface area (Å²) in [5.74, 6) is -1.26. The summed E-state index contributed by atoms with van der Waals surface area (Å²) in [5.41, 5.74) is 0.0863. The molecule has 16 heavy (non-hydrogen) atoms. The summed E-state index contributed by atoms with van der Waals surface area (Å²) in [6.07, 6.45) is 1.29. The van der Waals surface area contributed by atoms with E-state index in [0.29, 0.717) is 0 Å². The van der Waals surface area contributed by atoms with Crippen molar-refractivity contribution >= 4 is 5.78 Å². The third-order valence-corrected chi connectivity index (χ3v) is 1.80. The van der Waals surface area contributed by atoms with Crippen molar-refractivity contribution in [3.63, 3.8) is 0 Å². The van der Waals surface area contributed by atoms with Gasteiger partial charge in [0.05, 0.1) is 0 Å². The van der Waals surface area contributed by atoms with Crippen LogP contribution < -0.4 is 4.74 Å². The first-order chi connectivity index (χ1) is 7.68. The van der Waals surface area contributed by atoms with Crippen molar-refractivity contribution in [2.24, 2.45) is 0 Å². The van der Waals surface area contributed by atoms with Gasteiger partial charge in [-0.25, -0.2) is 4.98 Å². The summed E-state index contributed by atoms with van der Waals surface area (Å²) in [4.78, 5) is 14.5. The van der Waals surface area contributed by atoms with Crippen LogP contribution in [-0.2, 0) is 0 Å². The quantitative estimate of drug-likeness (QED) is 0.625. The molecule has 0 saturated carbocycles. The molecule has 2 rings (SSSR count). The SMILES string of the molecule is CC(=O)c1[nH]nnc1Oc1cccnc1F. The lowest BCUT2D eigenvalue weighted by Gasteiger charge is -2.02. The van der Waals surface area contributed by atoms with Crippen LogP contribution in [0.5, 0.6) is 11.6 Å². The van der Waals surface area contributed by atoms with Crippen molar-refractivity contribution in [2.75, 3.05) is 0 Å². The van der Waals surface area contributed by atoms with E-state index in [1.165, 1.54) is 25.3 Å². The Kier molecular flexibility index (Phi) is 2.59. The molecular formula is C9H7FN4O2. The molecule has 0 saturated heterocycles. The van der Waals surface area contributed by atoms with Crippen LogP contribution in [0.25, 0.3) is 0 Å². The molecule has 1 N–H and O–H groups in total. The number of nitrogens with zero attached hydrogens (tertiary/aromatic N) is 3. The summed E-state index contributed by atoms with van der Waals surface area (Å²) >= 11 is 0. The van der Waals surface area contributed by atoms with E-state index in [2.05, 4.69) is 20.4 Å². The predicted molar refractivity (Wildman–Crippen MR) is 50.7 cm³/mol. The number of H-pyrrole nitrogens is 1. The average molecular weight is 222 g/mol. The van der Waals surface area contributed by atoms with E-state index in [-0.39, 0.29) is 23.1 Å². The molecule has 0 spiro atoms. The first-order valence-corrected chi connectivity index (χ1v) is 4.39. The lowest BCUT2D eigenvalue weighted by molar-refractivity contribution is 0.101. The smallest absolute Gasteiger partial charge is 0.270 e. The summed E-state index contributed by atoms with van der Waals surface area (Å²) < 4.78 is 18.2. The van der Waals surface area contributed by atoms with Gasteiger partial charge in [0.2, 0.25) is 0 Å². The van der Waals surface area contributed by atoms with Crippen molar-refractivity contribution in [1.29, 1.82) is 0 Å². The van der Waals surface area contributed by atoms with Gasteiger partial charge >= 0.3 is 0 Å². The number of aromatic nitrogens is 4. The molecule has 2 heterocycles. The van der Waals surface area contributed by atoms with Crippen LogP contribution in [0.3, 0.4) is 0 Å². The van der Waals surface area contributed by atoms with E-state index in [4.69, 9.17) is 4.74 Å². The Balaban J connectivity index is 2.31. The lowest BCUT2D eigenvalue weighted by Crippen LogP contribution is -1.98. The van der Waals surface area contributed by atoms with E-state index >= 15 is 0 Å².